The normalized spacial score (nSPS) is 17.4. The van der Waals surface area contributed by atoms with Gasteiger partial charge < -0.3 is 16.0 Å². The van der Waals surface area contributed by atoms with Crippen LogP contribution in [0, 0.1) is 17.5 Å². The first-order chi connectivity index (χ1) is 16.6. The molecule has 1 aliphatic rings. The van der Waals surface area contributed by atoms with Crippen molar-refractivity contribution in [2.45, 2.75) is 12.5 Å². The van der Waals surface area contributed by atoms with Gasteiger partial charge in [-0.25, -0.2) is 18.0 Å². The van der Waals surface area contributed by atoms with E-state index < -0.39 is 65.5 Å². The first-order valence-corrected chi connectivity index (χ1v) is 10.4. The standard InChI is InChI=1S/C24H19F3N4O4/c1-24(15-7-6-13-4-2-3-5-14(13)10-15)22(34)31(23(35)30-24)12-19(33)28-11-18(32)29-17-9-8-16(25)20(26)21(17)27/h2-10H,11-12H2,1H3,(H,28,33)(H,29,32)(H,30,35)/t24-/m0/s1. The van der Waals surface area contributed by atoms with Crippen LogP contribution in [0.4, 0.5) is 23.7 Å². The summed E-state index contributed by atoms with van der Waals surface area (Å²) in [5, 5.41) is 8.61. The first kappa shape index (κ1) is 23.7. The minimum Gasteiger partial charge on any atom is -0.345 e. The van der Waals surface area contributed by atoms with Gasteiger partial charge in [0.05, 0.1) is 12.2 Å². The molecule has 1 saturated heterocycles. The van der Waals surface area contributed by atoms with Crippen LogP contribution >= 0.6 is 0 Å². The van der Waals surface area contributed by atoms with Gasteiger partial charge in [-0.3, -0.25) is 19.3 Å². The van der Waals surface area contributed by atoms with Crippen LogP contribution in [0.3, 0.4) is 0 Å². The molecule has 4 rings (SSSR count). The fourth-order valence-corrected chi connectivity index (χ4v) is 3.73. The Kier molecular flexibility index (Phi) is 6.16. The van der Waals surface area contributed by atoms with Crippen molar-refractivity contribution in [1.82, 2.24) is 15.5 Å². The summed E-state index contributed by atoms with van der Waals surface area (Å²) in [6.07, 6.45) is 0. The SMILES string of the molecule is C[C@@]1(c2ccc3ccccc3c2)NC(=O)N(CC(=O)NCC(=O)Nc2ccc(F)c(F)c2F)C1=O. The van der Waals surface area contributed by atoms with Gasteiger partial charge in [0, 0.05) is 0 Å². The molecule has 0 saturated carbocycles. The lowest BCUT2D eigenvalue weighted by Crippen LogP contribution is -2.44. The number of benzene rings is 3. The summed E-state index contributed by atoms with van der Waals surface area (Å²) < 4.78 is 39.9. The highest BCUT2D eigenvalue weighted by molar-refractivity contribution is 6.09. The van der Waals surface area contributed by atoms with Crippen molar-refractivity contribution >= 4 is 40.2 Å². The third-order valence-electron chi connectivity index (χ3n) is 5.66. The van der Waals surface area contributed by atoms with Gasteiger partial charge in [-0.1, -0.05) is 36.4 Å². The van der Waals surface area contributed by atoms with E-state index in [1.807, 2.05) is 35.6 Å². The summed E-state index contributed by atoms with van der Waals surface area (Å²) >= 11 is 0. The molecule has 0 spiro atoms. The number of fused-ring (bicyclic) bond motifs is 1. The number of anilines is 1. The van der Waals surface area contributed by atoms with E-state index in [0.717, 1.165) is 21.7 Å². The van der Waals surface area contributed by atoms with Crippen molar-refractivity contribution in [2.24, 2.45) is 0 Å². The van der Waals surface area contributed by atoms with Gasteiger partial charge in [-0.05, 0) is 41.5 Å². The van der Waals surface area contributed by atoms with E-state index >= 15 is 0 Å². The van der Waals surface area contributed by atoms with Gasteiger partial charge in [0.15, 0.2) is 17.5 Å². The molecule has 1 fully saturated rings. The average Bonchev–Trinajstić information content (AvgIpc) is 3.06. The van der Waals surface area contributed by atoms with Crippen LogP contribution in [0.25, 0.3) is 10.8 Å². The summed E-state index contributed by atoms with van der Waals surface area (Å²) in [5.41, 5.74) is -1.48. The average molecular weight is 484 g/mol. The third kappa shape index (κ3) is 4.52. The summed E-state index contributed by atoms with van der Waals surface area (Å²) in [6, 6.07) is 13.5. The van der Waals surface area contributed by atoms with Crippen molar-refractivity contribution in [3.05, 3.63) is 77.6 Å². The van der Waals surface area contributed by atoms with E-state index in [4.69, 9.17) is 0 Å². The molecule has 11 heteroatoms. The lowest BCUT2D eigenvalue weighted by molar-refractivity contribution is -0.135. The van der Waals surface area contributed by atoms with Crippen molar-refractivity contribution < 1.29 is 32.3 Å². The second-order valence-electron chi connectivity index (χ2n) is 8.06. The summed E-state index contributed by atoms with van der Waals surface area (Å²) in [6.45, 7) is 0.197. The van der Waals surface area contributed by atoms with Crippen molar-refractivity contribution in [3.8, 4) is 0 Å². The monoisotopic (exact) mass is 484 g/mol. The summed E-state index contributed by atoms with van der Waals surface area (Å²) in [4.78, 5) is 50.5. The number of carbonyl (C=O) groups is 4. The minimum atomic E-state index is -1.75. The van der Waals surface area contributed by atoms with Crippen LogP contribution in [-0.2, 0) is 19.9 Å². The number of carbonyl (C=O) groups excluding carboxylic acids is 4. The van der Waals surface area contributed by atoms with E-state index in [1.165, 1.54) is 6.92 Å². The van der Waals surface area contributed by atoms with E-state index in [-0.39, 0.29) is 0 Å². The largest absolute Gasteiger partial charge is 0.345 e. The molecular formula is C24H19F3N4O4. The lowest BCUT2D eigenvalue weighted by Gasteiger charge is -2.22. The molecule has 180 valence electrons. The molecule has 0 aliphatic carbocycles. The molecule has 5 amide bonds. The Morgan fingerprint density at radius 1 is 0.943 bits per heavy atom. The number of imide groups is 1. The van der Waals surface area contributed by atoms with Gasteiger partial charge in [-0.2, -0.15) is 0 Å². The zero-order chi connectivity index (χ0) is 25.3. The highest BCUT2D eigenvalue weighted by atomic mass is 19.2. The number of nitrogens with one attached hydrogen (secondary N) is 3. The van der Waals surface area contributed by atoms with Gasteiger partial charge in [0.2, 0.25) is 11.8 Å². The van der Waals surface area contributed by atoms with Crippen LogP contribution in [-0.4, -0.2) is 41.7 Å². The Morgan fingerprint density at radius 3 is 2.40 bits per heavy atom. The van der Waals surface area contributed by atoms with Crippen molar-refractivity contribution in [2.75, 3.05) is 18.4 Å². The molecule has 1 atom stereocenters. The van der Waals surface area contributed by atoms with Crippen molar-refractivity contribution in [1.29, 1.82) is 0 Å². The smallest absolute Gasteiger partial charge is 0.325 e. The Balaban J connectivity index is 1.38. The molecule has 3 aromatic rings. The second-order valence-corrected chi connectivity index (χ2v) is 8.06. The van der Waals surface area contributed by atoms with Crippen LogP contribution in [0.5, 0.6) is 0 Å². The molecule has 0 bridgehead atoms. The van der Waals surface area contributed by atoms with Gasteiger partial charge in [0.1, 0.15) is 12.1 Å². The van der Waals surface area contributed by atoms with Crippen LogP contribution in [0.15, 0.2) is 54.6 Å². The summed E-state index contributed by atoms with van der Waals surface area (Å²) in [5.74, 6) is -7.17. The topological polar surface area (TPSA) is 108 Å². The fraction of sp³-hybridized carbons (Fsp3) is 0.167. The maximum Gasteiger partial charge on any atom is 0.325 e. The van der Waals surface area contributed by atoms with Gasteiger partial charge in [0.25, 0.3) is 5.91 Å². The Labute approximate surface area is 197 Å². The highest BCUT2D eigenvalue weighted by Crippen LogP contribution is 2.31. The molecule has 0 radical (unpaired) electrons. The maximum atomic E-state index is 13.7. The van der Waals surface area contributed by atoms with Gasteiger partial charge >= 0.3 is 6.03 Å². The number of hydrogen-bond acceptors (Lipinski definition) is 4. The fourth-order valence-electron chi connectivity index (χ4n) is 3.73. The zero-order valence-corrected chi connectivity index (χ0v) is 18.3. The molecular weight excluding hydrogens is 465 g/mol. The molecule has 3 aromatic carbocycles. The molecule has 0 unspecified atom stereocenters. The predicted octanol–water partition coefficient (Wildman–Crippen LogP) is 2.78. The number of halogens is 3. The maximum absolute atomic E-state index is 13.7. The number of rotatable bonds is 6. The number of urea groups is 1. The second kappa shape index (κ2) is 9.09. The van der Waals surface area contributed by atoms with E-state index in [2.05, 4.69) is 10.6 Å². The van der Waals surface area contributed by atoms with Crippen LogP contribution in [0.2, 0.25) is 0 Å². The number of hydrogen-bond donors (Lipinski definition) is 3. The Morgan fingerprint density at radius 2 is 1.66 bits per heavy atom. The molecule has 8 nitrogen and oxygen atoms in total. The summed E-state index contributed by atoms with van der Waals surface area (Å²) in [7, 11) is 0. The molecule has 3 N–H and O–H groups in total. The Bertz CT molecular complexity index is 1380. The van der Waals surface area contributed by atoms with E-state index in [9.17, 15) is 32.3 Å². The van der Waals surface area contributed by atoms with Gasteiger partial charge in [-0.15, -0.1) is 0 Å². The highest BCUT2D eigenvalue weighted by Gasteiger charge is 2.49. The zero-order valence-electron chi connectivity index (χ0n) is 18.3. The van der Waals surface area contributed by atoms with E-state index in [1.54, 1.807) is 12.1 Å². The molecule has 0 aromatic heterocycles. The molecule has 35 heavy (non-hydrogen) atoms. The minimum absolute atomic E-state index is 0.533. The molecule has 1 heterocycles. The van der Waals surface area contributed by atoms with E-state index in [0.29, 0.717) is 11.6 Å². The third-order valence-corrected chi connectivity index (χ3v) is 5.66. The Hall–Kier alpha value is -4.41. The quantitative estimate of drug-likeness (QED) is 0.369. The first-order valence-electron chi connectivity index (χ1n) is 10.4. The number of nitrogens with zero attached hydrogens (tertiary/aromatic N) is 1. The number of amides is 5. The van der Waals surface area contributed by atoms with Crippen molar-refractivity contribution in [3.63, 3.8) is 0 Å². The van der Waals surface area contributed by atoms with Crippen LogP contribution < -0.4 is 16.0 Å². The molecule has 1 aliphatic heterocycles. The lowest BCUT2D eigenvalue weighted by atomic mass is 9.90. The van der Waals surface area contributed by atoms with Crippen LogP contribution in [0.1, 0.15) is 12.5 Å². The predicted molar refractivity (Wildman–Crippen MR) is 120 cm³/mol.